The second-order valence-electron chi connectivity index (χ2n) is 4.51. The Kier molecular flexibility index (Phi) is 2.79. The Balaban J connectivity index is 2.37. The van der Waals surface area contributed by atoms with Gasteiger partial charge in [0.1, 0.15) is 5.82 Å². The predicted molar refractivity (Wildman–Crippen MR) is 60.6 cm³/mol. The zero-order chi connectivity index (χ0) is 11.0. The van der Waals surface area contributed by atoms with Crippen LogP contribution in [0.2, 0.25) is 0 Å². The average Bonchev–Trinajstić information content (AvgIpc) is 3.03. The maximum Gasteiger partial charge on any atom is 0.128 e. The lowest BCUT2D eigenvalue weighted by molar-refractivity contribution is 0.559. The molecule has 0 heterocycles. The first kappa shape index (κ1) is 10.6. The van der Waals surface area contributed by atoms with E-state index < -0.39 is 0 Å². The summed E-state index contributed by atoms with van der Waals surface area (Å²) in [7, 11) is 1.86. The van der Waals surface area contributed by atoms with Crippen molar-refractivity contribution in [3.63, 3.8) is 0 Å². The van der Waals surface area contributed by atoms with Crippen molar-refractivity contribution in [3.8, 4) is 0 Å². The van der Waals surface area contributed by atoms with Crippen LogP contribution in [-0.4, -0.2) is 7.05 Å². The molecule has 0 aliphatic heterocycles. The standard InChI is InChI=1S/C13H18FN/c1-8-6-12(9(2)15-3)13(14)7-11(8)10-4-5-10/h6-7,9-10,15H,4-5H2,1-3H3. The van der Waals surface area contributed by atoms with E-state index in [-0.39, 0.29) is 11.9 Å². The largest absolute Gasteiger partial charge is 0.313 e. The molecule has 15 heavy (non-hydrogen) atoms. The van der Waals surface area contributed by atoms with Crippen molar-refractivity contribution in [1.82, 2.24) is 5.32 Å². The number of hydrogen-bond donors (Lipinski definition) is 1. The van der Waals surface area contributed by atoms with Crippen LogP contribution in [0.25, 0.3) is 0 Å². The minimum Gasteiger partial charge on any atom is -0.313 e. The summed E-state index contributed by atoms with van der Waals surface area (Å²) >= 11 is 0. The molecule has 1 aliphatic carbocycles. The monoisotopic (exact) mass is 207 g/mol. The van der Waals surface area contributed by atoms with E-state index in [0.717, 1.165) is 5.56 Å². The molecule has 2 heteroatoms. The van der Waals surface area contributed by atoms with Crippen molar-refractivity contribution in [2.45, 2.75) is 38.6 Å². The number of nitrogens with one attached hydrogen (secondary N) is 1. The van der Waals surface area contributed by atoms with Crippen LogP contribution in [0.5, 0.6) is 0 Å². The van der Waals surface area contributed by atoms with Gasteiger partial charge < -0.3 is 5.32 Å². The summed E-state index contributed by atoms with van der Waals surface area (Å²) in [5.74, 6) is 0.558. The van der Waals surface area contributed by atoms with Crippen LogP contribution in [0.4, 0.5) is 4.39 Å². The van der Waals surface area contributed by atoms with Crippen molar-refractivity contribution >= 4 is 0 Å². The highest BCUT2D eigenvalue weighted by atomic mass is 19.1. The van der Waals surface area contributed by atoms with Crippen LogP contribution in [0.1, 0.15) is 48.4 Å². The van der Waals surface area contributed by atoms with Gasteiger partial charge in [0.25, 0.3) is 0 Å². The topological polar surface area (TPSA) is 12.0 Å². The predicted octanol–water partition coefficient (Wildman–Crippen LogP) is 3.29. The molecular formula is C13H18FN. The molecule has 1 aliphatic rings. The summed E-state index contributed by atoms with van der Waals surface area (Å²) in [4.78, 5) is 0. The Morgan fingerprint density at radius 2 is 2.07 bits per heavy atom. The third kappa shape index (κ3) is 2.05. The van der Waals surface area contributed by atoms with Crippen molar-refractivity contribution in [1.29, 1.82) is 0 Å². The molecule has 1 aromatic carbocycles. The maximum atomic E-state index is 13.8. The van der Waals surface area contributed by atoms with Gasteiger partial charge in [-0.05, 0) is 56.8 Å². The van der Waals surface area contributed by atoms with E-state index in [1.54, 1.807) is 6.07 Å². The highest BCUT2D eigenvalue weighted by molar-refractivity contribution is 5.37. The summed E-state index contributed by atoms with van der Waals surface area (Å²) in [6.07, 6.45) is 2.45. The van der Waals surface area contributed by atoms with Gasteiger partial charge in [0, 0.05) is 11.6 Å². The fourth-order valence-corrected chi connectivity index (χ4v) is 2.04. The molecule has 0 aromatic heterocycles. The first-order valence-electron chi connectivity index (χ1n) is 5.60. The zero-order valence-electron chi connectivity index (χ0n) is 9.60. The minimum absolute atomic E-state index is 0.0654. The van der Waals surface area contributed by atoms with Gasteiger partial charge in [0.15, 0.2) is 0 Å². The molecule has 1 N–H and O–H groups in total. The molecule has 1 nitrogen and oxygen atoms in total. The molecule has 0 amide bonds. The van der Waals surface area contributed by atoms with Crippen LogP contribution < -0.4 is 5.32 Å². The SMILES string of the molecule is CNC(C)c1cc(C)c(C2CC2)cc1F. The van der Waals surface area contributed by atoms with Crippen LogP contribution in [0.15, 0.2) is 12.1 Å². The molecule has 82 valence electrons. The molecular weight excluding hydrogens is 189 g/mol. The average molecular weight is 207 g/mol. The molecule has 0 radical (unpaired) electrons. The summed E-state index contributed by atoms with van der Waals surface area (Å²) < 4.78 is 13.8. The molecule has 1 saturated carbocycles. The van der Waals surface area contributed by atoms with Crippen LogP contribution in [-0.2, 0) is 0 Å². The number of benzene rings is 1. The number of aryl methyl sites for hydroxylation is 1. The van der Waals surface area contributed by atoms with Gasteiger partial charge in [-0.1, -0.05) is 6.07 Å². The van der Waals surface area contributed by atoms with Crippen LogP contribution in [0, 0.1) is 12.7 Å². The quantitative estimate of drug-likeness (QED) is 0.802. The summed E-state index contributed by atoms with van der Waals surface area (Å²) in [6.45, 7) is 4.06. The Morgan fingerprint density at radius 1 is 1.40 bits per heavy atom. The van der Waals surface area contributed by atoms with Gasteiger partial charge >= 0.3 is 0 Å². The molecule has 0 spiro atoms. The highest BCUT2D eigenvalue weighted by Gasteiger charge is 2.26. The fraction of sp³-hybridized carbons (Fsp3) is 0.538. The summed E-state index contributed by atoms with van der Waals surface area (Å²) in [5, 5.41) is 3.07. The Bertz CT molecular complexity index is 369. The molecule has 1 atom stereocenters. The summed E-state index contributed by atoms with van der Waals surface area (Å²) in [5.41, 5.74) is 3.22. The molecule has 0 bridgehead atoms. The Labute approximate surface area is 90.7 Å². The minimum atomic E-state index is -0.0654. The molecule has 1 unspecified atom stereocenters. The highest BCUT2D eigenvalue weighted by Crippen LogP contribution is 2.42. The normalized spacial score (nSPS) is 17.9. The smallest absolute Gasteiger partial charge is 0.128 e. The van der Waals surface area contributed by atoms with Gasteiger partial charge in [0.2, 0.25) is 0 Å². The third-order valence-corrected chi connectivity index (χ3v) is 3.30. The van der Waals surface area contributed by atoms with Crippen LogP contribution >= 0.6 is 0 Å². The van der Waals surface area contributed by atoms with Gasteiger partial charge in [0.05, 0.1) is 0 Å². The molecule has 0 saturated heterocycles. The first-order chi connectivity index (χ1) is 7.13. The van der Waals surface area contributed by atoms with E-state index in [0.29, 0.717) is 5.92 Å². The zero-order valence-corrected chi connectivity index (χ0v) is 9.60. The van der Waals surface area contributed by atoms with Gasteiger partial charge in [-0.3, -0.25) is 0 Å². The lowest BCUT2D eigenvalue weighted by Gasteiger charge is -2.14. The number of hydrogen-bond acceptors (Lipinski definition) is 1. The van der Waals surface area contributed by atoms with E-state index in [9.17, 15) is 4.39 Å². The number of halogens is 1. The molecule has 1 fully saturated rings. The second kappa shape index (κ2) is 3.93. The van der Waals surface area contributed by atoms with Gasteiger partial charge in [-0.25, -0.2) is 4.39 Å². The van der Waals surface area contributed by atoms with E-state index in [1.807, 2.05) is 20.0 Å². The Hall–Kier alpha value is -0.890. The lowest BCUT2D eigenvalue weighted by atomic mass is 9.98. The van der Waals surface area contributed by atoms with Crippen molar-refractivity contribution < 1.29 is 4.39 Å². The van der Waals surface area contributed by atoms with Gasteiger partial charge in [-0.2, -0.15) is 0 Å². The fourth-order valence-electron chi connectivity index (χ4n) is 2.04. The molecule has 1 aromatic rings. The van der Waals surface area contributed by atoms with E-state index in [2.05, 4.69) is 12.2 Å². The van der Waals surface area contributed by atoms with Gasteiger partial charge in [-0.15, -0.1) is 0 Å². The first-order valence-corrected chi connectivity index (χ1v) is 5.60. The lowest BCUT2D eigenvalue weighted by Crippen LogP contribution is -2.14. The van der Waals surface area contributed by atoms with Crippen LogP contribution in [0.3, 0.4) is 0 Å². The van der Waals surface area contributed by atoms with E-state index in [4.69, 9.17) is 0 Å². The third-order valence-electron chi connectivity index (χ3n) is 3.30. The molecule has 2 rings (SSSR count). The number of rotatable bonds is 3. The van der Waals surface area contributed by atoms with Crippen molar-refractivity contribution in [3.05, 3.63) is 34.6 Å². The van der Waals surface area contributed by atoms with E-state index >= 15 is 0 Å². The Morgan fingerprint density at radius 3 is 2.60 bits per heavy atom. The van der Waals surface area contributed by atoms with E-state index in [1.165, 1.54) is 24.0 Å². The van der Waals surface area contributed by atoms with Crippen molar-refractivity contribution in [2.24, 2.45) is 0 Å². The second-order valence-corrected chi connectivity index (χ2v) is 4.51. The summed E-state index contributed by atoms with van der Waals surface area (Å²) in [6, 6.07) is 3.80. The van der Waals surface area contributed by atoms with Crippen molar-refractivity contribution in [2.75, 3.05) is 7.05 Å². The maximum absolute atomic E-state index is 13.8.